The van der Waals surface area contributed by atoms with Crippen LogP contribution in [-0.4, -0.2) is 16.3 Å². The second-order valence-corrected chi connectivity index (χ2v) is 5.90. The lowest BCUT2D eigenvalue weighted by Crippen LogP contribution is -2.07. The number of hydrogen-bond donors (Lipinski definition) is 1. The lowest BCUT2D eigenvalue weighted by Gasteiger charge is -2.11. The number of imidazole rings is 1. The van der Waals surface area contributed by atoms with E-state index in [1.807, 2.05) is 23.6 Å². The number of nitrogens with zero attached hydrogens (tertiary/aromatic N) is 2. The van der Waals surface area contributed by atoms with E-state index in [1.54, 1.807) is 0 Å². The van der Waals surface area contributed by atoms with E-state index in [2.05, 4.69) is 34.8 Å². The predicted molar refractivity (Wildman–Crippen MR) is 81.0 cm³/mol. The molecule has 0 atom stereocenters. The summed E-state index contributed by atoms with van der Waals surface area (Å²) in [5, 5.41) is 0. The number of anilines is 1. The van der Waals surface area contributed by atoms with E-state index in [4.69, 9.17) is 15.2 Å². The van der Waals surface area contributed by atoms with Gasteiger partial charge in [0.15, 0.2) is 11.5 Å². The molecule has 0 saturated carbocycles. The molecule has 1 aliphatic rings. The van der Waals surface area contributed by atoms with Crippen molar-refractivity contribution in [1.82, 2.24) is 9.55 Å². The van der Waals surface area contributed by atoms with E-state index in [9.17, 15) is 0 Å². The normalized spacial score (nSPS) is 13.2. The van der Waals surface area contributed by atoms with Crippen LogP contribution in [-0.2, 0) is 0 Å². The van der Waals surface area contributed by atoms with Crippen molar-refractivity contribution in [2.75, 3.05) is 12.5 Å². The van der Waals surface area contributed by atoms with E-state index in [-0.39, 0.29) is 12.8 Å². The molecule has 1 aliphatic heterocycles. The maximum atomic E-state index is 6.25. The topological polar surface area (TPSA) is 62.3 Å². The van der Waals surface area contributed by atoms with Gasteiger partial charge in [-0.1, -0.05) is 0 Å². The molecule has 0 spiro atoms. The molecule has 0 unspecified atom stereocenters. The van der Waals surface area contributed by atoms with Crippen LogP contribution < -0.4 is 15.2 Å². The first kappa shape index (κ1) is 13.3. The Morgan fingerprint density at radius 2 is 2.10 bits per heavy atom. The Bertz CT molecular complexity index is 680. The van der Waals surface area contributed by atoms with Crippen LogP contribution in [0.3, 0.4) is 0 Å². The van der Waals surface area contributed by atoms with Gasteiger partial charge < -0.3 is 19.8 Å². The molecule has 2 N–H and O–H groups in total. The summed E-state index contributed by atoms with van der Waals surface area (Å²) in [6.07, 6.45) is 0. The minimum atomic E-state index is 0.242. The number of hydrogen-bond acceptors (Lipinski definition) is 4. The summed E-state index contributed by atoms with van der Waals surface area (Å²) >= 11 is 3.49. The number of fused-ring (bicyclic) bond motifs is 1. The fourth-order valence-corrected chi connectivity index (χ4v) is 3.09. The average Bonchev–Trinajstić information content (AvgIpc) is 2.93. The lowest BCUT2D eigenvalue weighted by molar-refractivity contribution is 0.173. The number of aryl methyl sites for hydroxylation is 1. The number of aromatic nitrogens is 2. The van der Waals surface area contributed by atoms with Crippen molar-refractivity contribution < 1.29 is 9.47 Å². The van der Waals surface area contributed by atoms with E-state index in [0.717, 1.165) is 27.3 Å². The van der Waals surface area contributed by atoms with Gasteiger partial charge in [-0.3, -0.25) is 0 Å². The minimum absolute atomic E-state index is 0.242. The quantitative estimate of drug-likeness (QED) is 0.910. The second-order valence-electron chi connectivity index (χ2n) is 5.05. The molecule has 0 amide bonds. The van der Waals surface area contributed by atoms with Crippen LogP contribution in [0.2, 0.25) is 0 Å². The molecule has 3 rings (SSSR count). The van der Waals surface area contributed by atoms with Gasteiger partial charge in [-0.25, -0.2) is 4.98 Å². The number of ether oxygens (including phenoxy) is 2. The molecular weight excluding hydrogens is 322 g/mol. The van der Waals surface area contributed by atoms with Gasteiger partial charge >= 0.3 is 0 Å². The number of nitrogen functional groups attached to an aromatic ring is 1. The maximum absolute atomic E-state index is 6.25. The average molecular weight is 338 g/mol. The van der Waals surface area contributed by atoms with Crippen molar-refractivity contribution in [3.8, 4) is 22.8 Å². The molecular formula is C14H16BrN3O2. The Morgan fingerprint density at radius 1 is 1.35 bits per heavy atom. The summed E-state index contributed by atoms with van der Waals surface area (Å²) in [6.45, 7) is 6.38. The molecule has 1 aromatic heterocycles. The van der Waals surface area contributed by atoms with E-state index in [1.165, 1.54) is 0 Å². The fraction of sp³-hybridized carbons (Fsp3) is 0.357. The first-order chi connectivity index (χ1) is 9.49. The molecule has 106 valence electrons. The molecule has 0 bridgehead atoms. The van der Waals surface area contributed by atoms with Crippen molar-refractivity contribution in [2.24, 2.45) is 0 Å². The zero-order chi connectivity index (χ0) is 14.4. The maximum Gasteiger partial charge on any atom is 0.231 e. The van der Waals surface area contributed by atoms with Crippen LogP contribution in [0.1, 0.15) is 25.7 Å². The van der Waals surface area contributed by atoms with Crippen LogP contribution in [0.15, 0.2) is 16.6 Å². The third-order valence-electron chi connectivity index (χ3n) is 3.34. The minimum Gasteiger partial charge on any atom is -0.454 e. The highest BCUT2D eigenvalue weighted by atomic mass is 79.9. The van der Waals surface area contributed by atoms with Gasteiger partial charge in [-0.15, -0.1) is 0 Å². The smallest absolute Gasteiger partial charge is 0.231 e. The molecule has 0 fully saturated rings. The monoisotopic (exact) mass is 337 g/mol. The summed E-state index contributed by atoms with van der Waals surface area (Å²) in [5.41, 5.74) is 7.94. The van der Waals surface area contributed by atoms with Gasteiger partial charge in [-0.2, -0.15) is 0 Å². The summed E-state index contributed by atoms with van der Waals surface area (Å²) in [7, 11) is 0. The van der Waals surface area contributed by atoms with Crippen molar-refractivity contribution in [1.29, 1.82) is 0 Å². The summed E-state index contributed by atoms with van der Waals surface area (Å²) in [5.74, 6) is 3.02. The Labute approximate surface area is 125 Å². The Kier molecular flexibility index (Phi) is 3.12. The summed E-state index contributed by atoms with van der Waals surface area (Å²) in [4.78, 5) is 4.59. The summed E-state index contributed by atoms with van der Waals surface area (Å²) in [6, 6.07) is 4.14. The van der Waals surface area contributed by atoms with Crippen molar-refractivity contribution in [3.63, 3.8) is 0 Å². The van der Waals surface area contributed by atoms with E-state index >= 15 is 0 Å². The van der Waals surface area contributed by atoms with Crippen molar-refractivity contribution >= 4 is 21.7 Å². The van der Waals surface area contributed by atoms with Gasteiger partial charge in [0, 0.05) is 11.6 Å². The van der Waals surface area contributed by atoms with Crippen LogP contribution in [0.5, 0.6) is 11.5 Å². The van der Waals surface area contributed by atoms with Crippen LogP contribution in [0, 0.1) is 6.92 Å². The number of halogens is 1. The number of benzene rings is 1. The zero-order valence-electron chi connectivity index (χ0n) is 11.6. The Balaban J connectivity index is 2.15. The molecule has 0 saturated heterocycles. The van der Waals surface area contributed by atoms with Gasteiger partial charge in [0.2, 0.25) is 6.79 Å². The third-order valence-corrected chi connectivity index (χ3v) is 3.93. The predicted octanol–water partition coefficient (Wildman–Crippen LogP) is 3.51. The molecule has 1 aromatic carbocycles. The molecule has 20 heavy (non-hydrogen) atoms. The molecule has 0 aliphatic carbocycles. The highest BCUT2D eigenvalue weighted by Crippen LogP contribution is 2.43. The Morgan fingerprint density at radius 3 is 2.75 bits per heavy atom. The van der Waals surface area contributed by atoms with Gasteiger partial charge in [0.25, 0.3) is 0 Å². The second kappa shape index (κ2) is 4.70. The molecule has 6 heteroatoms. The van der Waals surface area contributed by atoms with Crippen LogP contribution in [0.4, 0.5) is 5.82 Å². The first-order valence-electron chi connectivity index (χ1n) is 6.43. The molecule has 5 nitrogen and oxygen atoms in total. The first-order valence-corrected chi connectivity index (χ1v) is 7.22. The van der Waals surface area contributed by atoms with Gasteiger partial charge in [-0.05, 0) is 48.8 Å². The van der Waals surface area contributed by atoms with Gasteiger partial charge in [0.05, 0.1) is 4.47 Å². The molecule has 2 aromatic rings. The fourth-order valence-electron chi connectivity index (χ4n) is 2.53. The molecule has 2 heterocycles. The number of nitrogens with two attached hydrogens (primary N) is 1. The van der Waals surface area contributed by atoms with Crippen molar-refractivity contribution in [2.45, 2.75) is 26.8 Å². The Hall–Kier alpha value is -1.69. The van der Waals surface area contributed by atoms with E-state index in [0.29, 0.717) is 11.6 Å². The highest BCUT2D eigenvalue weighted by Gasteiger charge is 2.22. The van der Waals surface area contributed by atoms with Crippen LogP contribution in [0.25, 0.3) is 11.3 Å². The lowest BCUT2D eigenvalue weighted by atomic mass is 10.1. The van der Waals surface area contributed by atoms with Crippen LogP contribution >= 0.6 is 15.9 Å². The molecule has 0 radical (unpaired) electrons. The summed E-state index contributed by atoms with van der Waals surface area (Å²) < 4.78 is 13.7. The SMILES string of the molecule is Cc1nc(-c2cc(Br)c3c(c2)OCO3)c(N)n1C(C)C. The highest BCUT2D eigenvalue weighted by molar-refractivity contribution is 9.10. The number of rotatable bonds is 2. The zero-order valence-corrected chi connectivity index (χ0v) is 13.2. The third kappa shape index (κ3) is 1.95. The standard InChI is InChI=1S/C14H16BrN3O2/c1-7(2)18-8(3)17-12(14(18)16)9-4-10(15)13-11(5-9)19-6-20-13/h4-5,7H,6,16H2,1-3H3. The largest absolute Gasteiger partial charge is 0.454 e. The van der Waals surface area contributed by atoms with Crippen molar-refractivity contribution in [3.05, 3.63) is 22.4 Å². The van der Waals surface area contributed by atoms with Gasteiger partial charge in [0.1, 0.15) is 17.3 Å². The van der Waals surface area contributed by atoms with E-state index < -0.39 is 0 Å².